The molecule has 0 saturated carbocycles. The molecule has 1 saturated heterocycles. The predicted molar refractivity (Wildman–Crippen MR) is 89.7 cm³/mol. The number of amides is 1. The maximum Gasteiger partial charge on any atom is 0.253 e. The summed E-state index contributed by atoms with van der Waals surface area (Å²) in [6.07, 6.45) is 0.734. The molecule has 1 fully saturated rings. The van der Waals surface area contributed by atoms with Gasteiger partial charge in [0.05, 0.1) is 0 Å². The number of carbonyl (C=O) groups excluding carboxylic acids is 1. The molecule has 3 rings (SSSR count). The van der Waals surface area contributed by atoms with Crippen molar-refractivity contribution in [2.24, 2.45) is 0 Å². The van der Waals surface area contributed by atoms with E-state index in [4.69, 9.17) is 0 Å². The fourth-order valence-corrected chi connectivity index (χ4v) is 5.69. The van der Waals surface area contributed by atoms with E-state index < -0.39 is 27.8 Å². The van der Waals surface area contributed by atoms with Crippen molar-refractivity contribution in [3.63, 3.8) is 0 Å². The number of piperazine rings is 1. The number of benzene rings is 1. The second-order valence-electron chi connectivity index (χ2n) is 5.41. The molecule has 0 spiro atoms. The highest BCUT2D eigenvalue weighted by molar-refractivity contribution is 7.91. The highest BCUT2D eigenvalue weighted by atomic mass is 32.2. The Labute approximate surface area is 144 Å². The topological polar surface area (TPSA) is 66.5 Å². The number of thiophene rings is 1. The van der Waals surface area contributed by atoms with Gasteiger partial charge < -0.3 is 5.32 Å². The Bertz CT molecular complexity index is 864. The van der Waals surface area contributed by atoms with Crippen LogP contribution >= 0.6 is 11.3 Å². The van der Waals surface area contributed by atoms with Gasteiger partial charge in [-0.3, -0.25) is 4.79 Å². The number of nitrogens with one attached hydrogen (secondary N) is 1. The molecule has 5 nitrogen and oxygen atoms in total. The molecule has 1 aromatic carbocycles. The largest absolute Gasteiger partial charge is 0.353 e. The average molecular weight is 368 g/mol. The summed E-state index contributed by atoms with van der Waals surface area (Å²) in [4.78, 5) is 13.3. The summed E-state index contributed by atoms with van der Waals surface area (Å²) in [5, 5.41) is 2.62. The van der Waals surface area contributed by atoms with Crippen molar-refractivity contribution < 1.29 is 17.6 Å². The third-order valence-electron chi connectivity index (χ3n) is 3.92. The monoisotopic (exact) mass is 368 g/mol. The van der Waals surface area contributed by atoms with Crippen LogP contribution in [0.25, 0.3) is 0 Å². The molecule has 2 heterocycles. The highest BCUT2D eigenvalue weighted by Gasteiger charge is 2.41. The van der Waals surface area contributed by atoms with Gasteiger partial charge in [-0.2, -0.15) is 4.31 Å². The van der Waals surface area contributed by atoms with Crippen LogP contribution in [0.4, 0.5) is 4.39 Å². The third kappa shape index (κ3) is 2.97. The van der Waals surface area contributed by atoms with Crippen LogP contribution in [0.1, 0.15) is 23.4 Å². The normalized spacial score (nSPS) is 19.2. The van der Waals surface area contributed by atoms with Crippen molar-refractivity contribution in [3.05, 3.63) is 52.7 Å². The van der Waals surface area contributed by atoms with Gasteiger partial charge in [-0.1, -0.05) is 25.1 Å². The lowest BCUT2D eigenvalue weighted by Crippen LogP contribution is -2.52. The van der Waals surface area contributed by atoms with E-state index in [9.17, 15) is 17.6 Å². The molecule has 0 bridgehead atoms. The first kappa shape index (κ1) is 17.1. The van der Waals surface area contributed by atoms with E-state index in [1.54, 1.807) is 18.2 Å². The smallest absolute Gasteiger partial charge is 0.253 e. The summed E-state index contributed by atoms with van der Waals surface area (Å²) in [6, 6.07) is 7.87. The maximum absolute atomic E-state index is 14.2. The number of rotatable bonds is 4. The summed E-state index contributed by atoms with van der Waals surface area (Å²) < 4.78 is 41.4. The van der Waals surface area contributed by atoms with Crippen LogP contribution in [0.5, 0.6) is 0 Å². The number of aryl methyl sites for hydroxylation is 1. The van der Waals surface area contributed by atoms with Gasteiger partial charge in [0, 0.05) is 23.5 Å². The van der Waals surface area contributed by atoms with Crippen LogP contribution in [0, 0.1) is 5.82 Å². The first-order valence-electron chi connectivity index (χ1n) is 7.58. The van der Waals surface area contributed by atoms with Gasteiger partial charge in [0.2, 0.25) is 5.91 Å². The summed E-state index contributed by atoms with van der Waals surface area (Å²) in [5.74, 6) is -1.11. The maximum atomic E-state index is 14.2. The van der Waals surface area contributed by atoms with Gasteiger partial charge in [0.15, 0.2) is 0 Å². The fraction of sp³-hybridized carbons (Fsp3) is 0.312. The van der Waals surface area contributed by atoms with Crippen LogP contribution in [0.15, 0.2) is 40.6 Å². The minimum absolute atomic E-state index is 0.0607. The van der Waals surface area contributed by atoms with Crippen molar-refractivity contribution in [2.75, 3.05) is 13.1 Å². The van der Waals surface area contributed by atoms with Gasteiger partial charge in [0.1, 0.15) is 16.1 Å². The Morgan fingerprint density at radius 3 is 2.71 bits per heavy atom. The molecule has 24 heavy (non-hydrogen) atoms. The van der Waals surface area contributed by atoms with Crippen molar-refractivity contribution in [3.8, 4) is 0 Å². The van der Waals surface area contributed by atoms with Gasteiger partial charge in [-0.25, -0.2) is 12.8 Å². The van der Waals surface area contributed by atoms with Crippen molar-refractivity contribution >= 4 is 27.3 Å². The fourth-order valence-electron chi connectivity index (χ4n) is 2.70. The molecule has 2 aromatic rings. The van der Waals surface area contributed by atoms with E-state index in [2.05, 4.69) is 5.32 Å². The van der Waals surface area contributed by atoms with E-state index in [-0.39, 0.29) is 22.9 Å². The van der Waals surface area contributed by atoms with Crippen molar-refractivity contribution in [2.45, 2.75) is 23.6 Å². The number of sulfonamides is 1. The summed E-state index contributed by atoms with van der Waals surface area (Å²) in [7, 11) is -3.87. The molecule has 1 aromatic heterocycles. The number of carbonyl (C=O) groups is 1. The van der Waals surface area contributed by atoms with Gasteiger partial charge in [-0.15, -0.1) is 11.3 Å². The summed E-state index contributed by atoms with van der Waals surface area (Å²) in [6.45, 7) is 2.25. The van der Waals surface area contributed by atoms with Crippen LogP contribution in [0.3, 0.4) is 0 Å². The molecule has 0 radical (unpaired) electrons. The van der Waals surface area contributed by atoms with E-state index >= 15 is 0 Å². The first-order valence-corrected chi connectivity index (χ1v) is 9.83. The lowest BCUT2D eigenvalue weighted by Gasteiger charge is -2.34. The number of hydrogen-bond donors (Lipinski definition) is 1. The molecule has 0 aliphatic carbocycles. The van der Waals surface area contributed by atoms with Crippen molar-refractivity contribution in [1.82, 2.24) is 9.62 Å². The molecule has 1 unspecified atom stereocenters. The van der Waals surface area contributed by atoms with Crippen LogP contribution in [-0.4, -0.2) is 31.7 Å². The number of nitrogens with zero attached hydrogens (tertiary/aromatic N) is 1. The second-order valence-corrected chi connectivity index (χ2v) is 8.69. The van der Waals surface area contributed by atoms with Crippen LogP contribution < -0.4 is 5.32 Å². The minimum Gasteiger partial charge on any atom is -0.353 e. The lowest BCUT2D eigenvalue weighted by molar-refractivity contribution is -0.127. The third-order valence-corrected chi connectivity index (χ3v) is 7.48. The number of hydrogen-bond acceptors (Lipinski definition) is 4. The zero-order chi connectivity index (χ0) is 17.3. The lowest BCUT2D eigenvalue weighted by atomic mass is 10.0. The second kappa shape index (κ2) is 6.62. The Morgan fingerprint density at radius 1 is 1.29 bits per heavy atom. The van der Waals surface area contributed by atoms with Gasteiger partial charge in [0.25, 0.3) is 10.0 Å². The van der Waals surface area contributed by atoms with E-state index in [0.717, 1.165) is 15.6 Å². The van der Waals surface area contributed by atoms with E-state index in [0.29, 0.717) is 0 Å². The standard InChI is InChI=1S/C16H17FN2O3S2/c1-2-11-7-8-14(23-11)24(21,22)19-10-9-18-16(20)15(19)12-5-3-4-6-13(12)17/h3-8,15H,2,9-10H2,1H3,(H,18,20). The Kier molecular flexibility index (Phi) is 4.71. The zero-order valence-electron chi connectivity index (χ0n) is 13.0. The average Bonchev–Trinajstić information content (AvgIpc) is 3.05. The molecular formula is C16H17FN2O3S2. The molecular weight excluding hydrogens is 351 g/mol. The van der Waals surface area contributed by atoms with Crippen molar-refractivity contribution in [1.29, 1.82) is 0 Å². The quantitative estimate of drug-likeness (QED) is 0.901. The molecule has 1 aliphatic heterocycles. The predicted octanol–water partition coefficient (Wildman–Crippen LogP) is 2.31. The van der Waals surface area contributed by atoms with Crippen LogP contribution in [-0.2, 0) is 21.2 Å². The molecule has 1 N–H and O–H groups in total. The Balaban J connectivity index is 2.06. The highest BCUT2D eigenvalue weighted by Crippen LogP contribution is 2.33. The summed E-state index contributed by atoms with van der Waals surface area (Å²) in [5.41, 5.74) is 0.0607. The number of halogens is 1. The Hall–Kier alpha value is -1.77. The molecule has 1 atom stereocenters. The van der Waals surface area contributed by atoms with E-state index in [1.807, 2.05) is 6.92 Å². The summed E-state index contributed by atoms with van der Waals surface area (Å²) >= 11 is 1.18. The van der Waals surface area contributed by atoms with Gasteiger partial charge >= 0.3 is 0 Å². The minimum atomic E-state index is -3.87. The van der Waals surface area contributed by atoms with E-state index in [1.165, 1.54) is 29.5 Å². The first-order chi connectivity index (χ1) is 11.4. The molecule has 128 valence electrons. The van der Waals surface area contributed by atoms with Gasteiger partial charge in [-0.05, 0) is 24.6 Å². The molecule has 1 amide bonds. The SMILES string of the molecule is CCc1ccc(S(=O)(=O)N2CCNC(=O)C2c2ccccc2F)s1. The van der Waals surface area contributed by atoms with Crippen LogP contribution in [0.2, 0.25) is 0 Å². The zero-order valence-corrected chi connectivity index (χ0v) is 14.7. The molecule has 8 heteroatoms. The molecule has 1 aliphatic rings. The Morgan fingerprint density at radius 2 is 2.04 bits per heavy atom.